The fourth-order valence-corrected chi connectivity index (χ4v) is 2.79. The molecule has 3 heteroatoms. The maximum Gasteiger partial charge on any atom is 0.188 e. The van der Waals surface area contributed by atoms with E-state index in [-0.39, 0.29) is 18.5 Å². The zero-order chi connectivity index (χ0) is 13.0. The van der Waals surface area contributed by atoms with Crippen molar-refractivity contribution in [2.24, 2.45) is 5.92 Å². The van der Waals surface area contributed by atoms with Gasteiger partial charge in [-0.25, -0.2) is 0 Å². The second kappa shape index (κ2) is 6.66. The van der Waals surface area contributed by atoms with Gasteiger partial charge in [-0.2, -0.15) is 0 Å². The Bertz CT molecular complexity index is 399. The van der Waals surface area contributed by atoms with Crippen molar-refractivity contribution in [2.75, 3.05) is 6.61 Å². The summed E-state index contributed by atoms with van der Waals surface area (Å²) in [6.45, 7) is 2.44. The molecule has 1 saturated carbocycles. The lowest BCUT2D eigenvalue weighted by Crippen LogP contribution is -2.27. The first-order valence-electron chi connectivity index (χ1n) is 6.57. The van der Waals surface area contributed by atoms with Crippen LogP contribution < -0.4 is 0 Å². The van der Waals surface area contributed by atoms with Crippen molar-refractivity contribution in [3.8, 4) is 0 Å². The monoisotopic (exact) mass is 358 g/mol. The molecule has 1 aromatic carbocycles. The van der Waals surface area contributed by atoms with Gasteiger partial charge in [-0.3, -0.25) is 4.79 Å². The van der Waals surface area contributed by atoms with Crippen LogP contribution >= 0.6 is 22.6 Å². The van der Waals surface area contributed by atoms with Gasteiger partial charge in [-0.05, 0) is 53.5 Å². The fourth-order valence-electron chi connectivity index (χ4n) is 2.43. The van der Waals surface area contributed by atoms with E-state index in [0.29, 0.717) is 5.92 Å². The van der Waals surface area contributed by atoms with E-state index in [1.807, 2.05) is 24.3 Å². The number of hydrogen-bond acceptors (Lipinski definition) is 2. The molecule has 2 nitrogen and oxygen atoms in total. The molecule has 0 spiro atoms. The van der Waals surface area contributed by atoms with E-state index in [0.717, 1.165) is 15.6 Å². The molecule has 0 N–H and O–H groups in total. The first-order chi connectivity index (χ1) is 8.66. The van der Waals surface area contributed by atoms with E-state index in [1.165, 1.54) is 19.3 Å². The van der Waals surface area contributed by atoms with Crippen LogP contribution in [-0.2, 0) is 4.74 Å². The first-order valence-corrected chi connectivity index (χ1v) is 7.65. The van der Waals surface area contributed by atoms with Gasteiger partial charge in [0.1, 0.15) is 6.61 Å². The standard InChI is InChI=1S/C15H19IO2/c1-11-4-2-3-5-15(11)18-10-14(17)12-6-8-13(16)9-7-12/h6-9,11,15H,2-5,10H2,1H3. The third kappa shape index (κ3) is 3.79. The number of ether oxygens (including phenoxy) is 1. The summed E-state index contributed by atoms with van der Waals surface area (Å²) in [6, 6.07) is 7.66. The normalized spacial score (nSPS) is 23.9. The van der Waals surface area contributed by atoms with Crippen LogP contribution in [0, 0.1) is 9.49 Å². The maximum atomic E-state index is 12.0. The van der Waals surface area contributed by atoms with Crippen LogP contribution in [0.15, 0.2) is 24.3 Å². The number of halogens is 1. The molecule has 0 radical (unpaired) electrons. The minimum absolute atomic E-state index is 0.0872. The van der Waals surface area contributed by atoms with Gasteiger partial charge in [0, 0.05) is 9.13 Å². The molecule has 18 heavy (non-hydrogen) atoms. The molecule has 98 valence electrons. The van der Waals surface area contributed by atoms with Crippen LogP contribution in [0.4, 0.5) is 0 Å². The number of benzene rings is 1. The Morgan fingerprint density at radius 2 is 1.94 bits per heavy atom. The Morgan fingerprint density at radius 3 is 2.61 bits per heavy atom. The third-order valence-electron chi connectivity index (χ3n) is 3.63. The van der Waals surface area contributed by atoms with Crippen LogP contribution in [0.5, 0.6) is 0 Å². The molecule has 2 unspecified atom stereocenters. The van der Waals surface area contributed by atoms with Gasteiger partial charge in [0.05, 0.1) is 6.10 Å². The van der Waals surface area contributed by atoms with E-state index in [9.17, 15) is 4.79 Å². The van der Waals surface area contributed by atoms with Crippen LogP contribution in [0.1, 0.15) is 43.0 Å². The van der Waals surface area contributed by atoms with E-state index in [4.69, 9.17) is 4.74 Å². The molecule has 0 amide bonds. The quantitative estimate of drug-likeness (QED) is 0.599. The molecule has 0 bridgehead atoms. The minimum Gasteiger partial charge on any atom is -0.370 e. The number of carbonyl (C=O) groups excluding carboxylic acids is 1. The molecule has 1 aromatic rings. The molecular weight excluding hydrogens is 339 g/mol. The molecule has 1 aliphatic rings. The molecule has 0 saturated heterocycles. The second-order valence-electron chi connectivity index (χ2n) is 5.04. The Morgan fingerprint density at radius 1 is 1.28 bits per heavy atom. The lowest BCUT2D eigenvalue weighted by atomic mass is 9.88. The molecule has 2 atom stereocenters. The zero-order valence-electron chi connectivity index (χ0n) is 10.7. The van der Waals surface area contributed by atoms with Gasteiger partial charge in [0.15, 0.2) is 5.78 Å². The summed E-state index contributed by atoms with van der Waals surface area (Å²) in [5, 5.41) is 0. The van der Waals surface area contributed by atoms with Gasteiger partial charge in [0.25, 0.3) is 0 Å². The average molecular weight is 358 g/mol. The Hall–Kier alpha value is -0.420. The minimum atomic E-state index is 0.0872. The van der Waals surface area contributed by atoms with Crippen LogP contribution in [0.2, 0.25) is 0 Å². The lowest BCUT2D eigenvalue weighted by molar-refractivity contribution is 0.000749. The van der Waals surface area contributed by atoms with Gasteiger partial charge in [-0.1, -0.05) is 31.9 Å². The zero-order valence-corrected chi connectivity index (χ0v) is 12.9. The molecule has 1 aliphatic carbocycles. The highest BCUT2D eigenvalue weighted by molar-refractivity contribution is 14.1. The largest absolute Gasteiger partial charge is 0.370 e. The highest BCUT2D eigenvalue weighted by Gasteiger charge is 2.22. The van der Waals surface area contributed by atoms with E-state index < -0.39 is 0 Å². The van der Waals surface area contributed by atoms with Crippen LogP contribution in [-0.4, -0.2) is 18.5 Å². The van der Waals surface area contributed by atoms with Crippen molar-refractivity contribution >= 4 is 28.4 Å². The first kappa shape index (κ1) is 14.0. The Kier molecular flexibility index (Phi) is 5.18. The summed E-state index contributed by atoms with van der Waals surface area (Å²) in [4.78, 5) is 12.0. The van der Waals surface area contributed by atoms with Gasteiger partial charge in [-0.15, -0.1) is 0 Å². The molecule has 0 heterocycles. The van der Waals surface area contributed by atoms with Crippen LogP contribution in [0.3, 0.4) is 0 Å². The molecule has 1 fully saturated rings. The van der Waals surface area contributed by atoms with Crippen molar-refractivity contribution in [2.45, 2.75) is 38.7 Å². The van der Waals surface area contributed by atoms with Crippen molar-refractivity contribution in [3.05, 3.63) is 33.4 Å². The lowest BCUT2D eigenvalue weighted by Gasteiger charge is -2.28. The fraction of sp³-hybridized carbons (Fsp3) is 0.533. The second-order valence-corrected chi connectivity index (χ2v) is 6.29. The summed E-state index contributed by atoms with van der Waals surface area (Å²) in [6.07, 6.45) is 5.12. The molecule has 2 rings (SSSR count). The SMILES string of the molecule is CC1CCCCC1OCC(=O)c1ccc(I)cc1. The van der Waals surface area contributed by atoms with Crippen molar-refractivity contribution in [1.29, 1.82) is 0 Å². The van der Waals surface area contributed by atoms with Gasteiger partial charge < -0.3 is 4.74 Å². The molecular formula is C15H19IO2. The topological polar surface area (TPSA) is 26.3 Å². The smallest absolute Gasteiger partial charge is 0.188 e. The number of Topliss-reactive ketones (excluding diaryl/α,β-unsaturated/α-hetero) is 1. The van der Waals surface area contributed by atoms with Gasteiger partial charge in [0.2, 0.25) is 0 Å². The number of rotatable bonds is 4. The van der Waals surface area contributed by atoms with E-state index >= 15 is 0 Å². The number of hydrogen-bond donors (Lipinski definition) is 0. The molecule has 0 aromatic heterocycles. The highest BCUT2D eigenvalue weighted by Crippen LogP contribution is 2.26. The van der Waals surface area contributed by atoms with Crippen molar-refractivity contribution in [3.63, 3.8) is 0 Å². The summed E-state index contributed by atoms with van der Waals surface area (Å²) < 4.78 is 6.93. The number of carbonyl (C=O) groups is 1. The van der Waals surface area contributed by atoms with E-state index in [1.54, 1.807) is 0 Å². The predicted octanol–water partition coefficient (Wildman–Crippen LogP) is 4.07. The van der Waals surface area contributed by atoms with Crippen LogP contribution in [0.25, 0.3) is 0 Å². The average Bonchev–Trinajstić information content (AvgIpc) is 2.38. The summed E-state index contributed by atoms with van der Waals surface area (Å²) in [7, 11) is 0. The number of ketones is 1. The van der Waals surface area contributed by atoms with E-state index in [2.05, 4.69) is 29.5 Å². The molecule has 0 aliphatic heterocycles. The summed E-state index contributed by atoms with van der Waals surface area (Å²) in [5.41, 5.74) is 0.749. The third-order valence-corrected chi connectivity index (χ3v) is 4.35. The van der Waals surface area contributed by atoms with Crippen molar-refractivity contribution < 1.29 is 9.53 Å². The van der Waals surface area contributed by atoms with Crippen molar-refractivity contribution in [1.82, 2.24) is 0 Å². The Balaban J connectivity index is 1.86. The highest BCUT2D eigenvalue weighted by atomic mass is 127. The summed E-state index contributed by atoms with van der Waals surface area (Å²) >= 11 is 2.24. The Labute approximate surface area is 122 Å². The maximum absolute atomic E-state index is 12.0. The predicted molar refractivity (Wildman–Crippen MR) is 80.9 cm³/mol. The summed E-state index contributed by atoms with van der Waals surface area (Å²) in [5.74, 6) is 0.674. The van der Waals surface area contributed by atoms with Gasteiger partial charge >= 0.3 is 0 Å².